The largest absolute Gasteiger partial charge is 0.454 e. The summed E-state index contributed by atoms with van der Waals surface area (Å²) in [6, 6.07) is 16.6. The SMILES string of the molecule is Nc1nc2c(=O)c3c(Cl)cccc3oc2cc1Oc1ccc(N2CCN(CC3CCN(c4ccc5c(c4)C(=O)N(C4CCC(=O)NC4=O)C5)CC3)CC2)cc1F. The zero-order valence-electron chi connectivity index (χ0n) is 30.4. The van der Waals surface area contributed by atoms with E-state index in [0.29, 0.717) is 30.0 Å². The highest BCUT2D eigenvalue weighted by Gasteiger charge is 2.39. The maximum Gasteiger partial charge on any atom is 0.255 e. The second-order valence-electron chi connectivity index (χ2n) is 14.9. The third kappa shape index (κ3) is 6.66. The fourth-order valence-corrected chi connectivity index (χ4v) is 8.67. The molecule has 3 saturated heterocycles. The highest BCUT2D eigenvalue weighted by atomic mass is 35.5. The number of pyridine rings is 1. The maximum absolute atomic E-state index is 15.4. The maximum atomic E-state index is 15.4. The molecule has 0 radical (unpaired) electrons. The molecular formula is C41H39ClFN7O6. The Kier molecular flexibility index (Phi) is 9.25. The number of piperazine rings is 1. The second kappa shape index (κ2) is 14.4. The van der Waals surface area contributed by atoms with Gasteiger partial charge in [-0.3, -0.25) is 29.4 Å². The number of hydrogen-bond acceptors (Lipinski definition) is 11. The molecule has 4 aliphatic rings. The van der Waals surface area contributed by atoms with Gasteiger partial charge in [0.1, 0.15) is 11.6 Å². The van der Waals surface area contributed by atoms with Gasteiger partial charge < -0.3 is 29.6 Å². The molecule has 1 atom stereocenters. The number of rotatable bonds is 7. The van der Waals surface area contributed by atoms with Gasteiger partial charge in [0.05, 0.1) is 10.4 Å². The van der Waals surface area contributed by atoms with Gasteiger partial charge >= 0.3 is 0 Å². The summed E-state index contributed by atoms with van der Waals surface area (Å²) in [5.41, 5.74) is 9.48. The fraction of sp³-hybridized carbons (Fsp3) is 0.341. The van der Waals surface area contributed by atoms with Gasteiger partial charge in [0, 0.05) is 87.8 Å². The molecule has 0 saturated carbocycles. The van der Waals surface area contributed by atoms with Gasteiger partial charge in [-0.25, -0.2) is 9.37 Å². The van der Waals surface area contributed by atoms with Gasteiger partial charge in [-0.2, -0.15) is 0 Å². The van der Waals surface area contributed by atoms with Crippen molar-refractivity contribution in [2.24, 2.45) is 5.92 Å². The average molecular weight is 780 g/mol. The van der Waals surface area contributed by atoms with Gasteiger partial charge in [0.15, 0.2) is 34.2 Å². The molecule has 3 aromatic carbocycles. The summed E-state index contributed by atoms with van der Waals surface area (Å²) < 4.78 is 27.2. The van der Waals surface area contributed by atoms with E-state index in [0.717, 1.165) is 75.6 Å². The van der Waals surface area contributed by atoms with E-state index in [-0.39, 0.29) is 57.1 Å². The lowest BCUT2D eigenvalue weighted by molar-refractivity contribution is -0.136. The third-order valence-electron chi connectivity index (χ3n) is 11.5. The summed E-state index contributed by atoms with van der Waals surface area (Å²) in [5, 5.41) is 2.82. The number of nitrogen functional groups attached to an aromatic ring is 1. The van der Waals surface area contributed by atoms with E-state index in [1.807, 2.05) is 18.2 Å². The Morgan fingerprint density at radius 1 is 0.875 bits per heavy atom. The lowest BCUT2D eigenvalue weighted by atomic mass is 9.95. The Morgan fingerprint density at radius 3 is 2.39 bits per heavy atom. The average Bonchev–Trinajstić information content (AvgIpc) is 3.51. The molecule has 1 unspecified atom stereocenters. The van der Waals surface area contributed by atoms with Crippen LogP contribution < -0.4 is 31.0 Å². The van der Waals surface area contributed by atoms with E-state index < -0.39 is 23.2 Å². The molecular weight excluding hydrogens is 741 g/mol. The molecule has 15 heteroatoms. The Bertz CT molecular complexity index is 2480. The molecule has 0 spiro atoms. The monoisotopic (exact) mass is 779 g/mol. The number of ether oxygens (including phenoxy) is 1. The number of hydrogen-bond donors (Lipinski definition) is 2. The lowest BCUT2D eigenvalue weighted by Crippen LogP contribution is -2.52. The minimum Gasteiger partial charge on any atom is -0.454 e. The van der Waals surface area contributed by atoms with Crippen molar-refractivity contribution in [1.82, 2.24) is 20.1 Å². The molecule has 6 heterocycles. The van der Waals surface area contributed by atoms with Crippen molar-refractivity contribution in [3.8, 4) is 11.5 Å². The molecule has 56 heavy (non-hydrogen) atoms. The van der Waals surface area contributed by atoms with E-state index in [1.165, 1.54) is 12.1 Å². The fourth-order valence-electron chi connectivity index (χ4n) is 8.42. The van der Waals surface area contributed by atoms with Crippen molar-refractivity contribution in [3.63, 3.8) is 0 Å². The first-order valence-corrected chi connectivity index (χ1v) is 19.3. The van der Waals surface area contributed by atoms with E-state index in [1.54, 1.807) is 29.2 Å². The smallest absolute Gasteiger partial charge is 0.255 e. The number of nitrogens with two attached hydrogens (primary N) is 1. The minimum atomic E-state index is -0.618. The summed E-state index contributed by atoms with van der Waals surface area (Å²) in [6.45, 7) is 6.40. The highest BCUT2D eigenvalue weighted by molar-refractivity contribution is 6.35. The molecule has 2 aromatic heterocycles. The molecule has 13 nitrogen and oxygen atoms in total. The molecule has 0 aliphatic carbocycles. The van der Waals surface area contributed by atoms with Crippen LogP contribution in [0, 0.1) is 11.7 Å². The molecule has 3 fully saturated rings. The van der Waals surface area contributed by atoms with Crippen molar-refractivity contribution in [1.29, 1.82) is 0 Å². The van der Waals surface area contributed by atoms with E-state index >= 15 is 4.39 Å². The van der Waals surface area contributed by atoms with Crippen molar-refractivity contribution in [2.75, 3.05) is 61.3 Å². The van der Waals surface area contributed by atoms with Crippen molar-refractivity contribution in [3.05, 3.63) is 92.9 Å². The summed E-state index contributed by atoms with van der Waals surface area (Å²) in [7, 11) is 0. The zero-order chi connectivity index (χ0) is 38.7. The number of nitrogens with one attached hydrogen (secondary N) is 1. The topological polar surface area (TPSA) is 155 Å². The van der Waals surface area contributed by atoms with Gasteiger partial charge in [-0.05, 0) is 67.1 Å². The van der Waals surface area contributed by atoms with Crippen LogP contribution in [-0.2, 0) is 16.1 Å². The van der Waals surface area contributed by atoms with Crippen LogP contribution >= 0.6 is 11.6 Å². The summed E-state index contributed by atoms with van der Waals surface area (Å²) >= 11 is 6.22. The number of halogens is 2. The number of benzene rings is 3. The number of anilines is 3. The van der Waals surface area contributed by atoms with Crippen LogP contribution in [0.25, 0.3) is 22.1 Å². The van der Waals surface area contributed by atoms with Gasteiger partial charge in [0.2, 0.25) is 17.2 Å². The quantitative estimate of drug-likeness (QED) is 0.163. The molecule has 3 amide bonds. The van der Waals surface area contributed by atoms with Crippen LogP contribution in [0.3, 0.4) is 0 Å². The van der Waals surface area contributed by atoms with Crippen LogP contribution in [0.15, 0.2) is 69.9 Å². The number of nitrogens with zero attached hydrogens (tertiary/aromatic N) is 5. The number of carbonyl (C=O) groups excluding carboxylic acids is 3. The number of aromatic nitrogens is 1. The zero-order valence-corrected chi connectivity index (χ0v) is 31.2. The van der Waals surface area contributed by atoms with Crippen molar-refractivity contribution >= 4 is 68.6 Å². The van der Waals surface area contributed by atoms with E-state index in [4.69, 9.17) is 26.5 Å². The first-order valence-electron chi connectivity index (χ1n) is 18.9. The molecule has 9 rings (SSSR count). The van der Waals surface area contributed by atoms with Crippen LogP contribution in [0.5, 0.6) is 11.5 Å². The number of fused-ring (bicyclic) bond motifs is 3. The summed E-state index contributed by atoms with van der Waals surface area (Å²) in [6.07, 6.45) is 2.66. The van der Waals surface area contributed by atoms with Crippen LogP contribution in [-0.4, -0.2) is 84.4 Å². The second-order valence-corrected chi connectivity index (χ2v) is 15.3. The summed E-state index contributed by atoms with van der Waals surface area (Å²) in [5.74, 6) is -0.898. The molecule has 5 aromatic rings. The van der Waals surface area contributed by atoms with E-state index in [9.17, 15) is 19.2 Å². The molecule has 3 N–H and O–H groups in total. The number of imide groups is 1. The van der Waals surface area contributed by atoms with E-state index in [2.05, 4.69) is 31.1 Å². The third-order valence-corrected chi connectivity index (χ3v) is 11.8. The standard InChI is InChI=1S/C41H39ClFN7O6/c42-28-2-1-3-32-36(28)38(52)37-33(56-32)20-34(39(44)46-37)55-31-8-6-26(19-29(31)43)49-16-14-47(15-17-49)21-23-10-12-48(13-11-23)25-5-4-24-22-50(41(54)27(24)18-25)30-7-9-35(51)45-40(30)53/h1-6,8,18-20,23,30H,7,9-17,21-22H2,(H2,44,46)(H,45,51,53). The normalized spacial score (nSPS) is 19.6. The van der Waals surface area contributed by atoms with Gasteiger partial charge in [-0.1, -0.05) is 23.7 Å². The Labute approximate surface area is 325 Å². The summed E-state index contributed by atoms with van der Waals surface area (Å²) in [4.78, 5) is 63.2. The van der Waals surface area contributed by atoms with Gasteiger partial charge in [-0.15, -0.1) is 0 Å². The number of amides is 3. The Balaban J connectivity index is 0.774. The minimum absolute atomic E-state index is 0.00682. The molecule has 0 bridgehead atoms. The lowest BCUT2D eigenvalue weighted by Gasteiger charge is -2.40. The Hall–Kier alpha value is -5.73. The predicted molar refractivity (Wildman–Crippen MR) is 210 cm³/mol. The number of piperidine rings is 2. The highest BCUT2D eigenvalue weighted by Crippen LogP contribution is 2.35. The van der Waals surface area contributed by atoms with Crippen LogP contribution in [0.1, 0.15) is 41.6 Å². The van der Waals surface area contributed by atoms with Crippen LogP contribution in [0.4, 0.5) is 21.6 Å². The van der Waals surface area contributed by atoms with Gasteiger partial charge in [0.25, 0.3) is 5.91 Å². The predicted octanol–water partition coefficient (Wildman–Crippen LogP) is 5.31. The first-order chi connectivity index (χ1) is 27.1. The molecule has 4 aliphatic heterocycles. The van der Waals surface area contributed by atoms with Crippen LogP contribution in [0.2, 0.25) is 5.02 Å². The Morgan fingerprint density at radius 2 is 1.62 bits per heavy atom. The van der Waals surface area contributed by atoms with Crippen molar-refractivity contribution < 1.29 is 27.9 Å². The molecule has 288 valence electrons. The number of carbonyl (C=O) groups is 3. The van der Waals surface area contributed by atoms with Crippen molar-refractivity contribution in [2.45, 2.75) is 38.3 Å². The first kappa shape index (κ1) is 35.9.